The van der Waals surface area contributed by atoms with E-state index in [0.717, 1.165) is 11.8 Å². The first-order valence-electron chi connectivity index (χ1n) is 7.25. The first-order chi connectivity index (χ1) is 12.0. The van der Waals surface area contributed by atoms with Crippen molar-refractivity contribution in [3.05, 3.63) is 18.2 Å². The highest BCUT2D eigenvalue weighted by molar-refractivity contribution is 7.99. The molecule has 25 heavy (non-hydrogen) atoms. The molecule has 1 aromatic carbocycles. The molecule has 1 amide bonds. The number of rotatable bonds is 6. The van der Waals surface area contributed by atoms with Gasteiger partial charge in [0.05, 0.1) is 0 Å². The van der Waals surface area contributed by atoms with Gasteiger partial charge in [0, 0.05) is 19.7 Å². The molecule has 2 aromatic rings. The molecular weight excluding hydrogens is 350 g/mol. The van der Waals surface area contributed by atoms with E-state index in [0.29, 0.717) is 23.0 Å². The summed E-state index contributed by atoms with van der Waals surface area (Å²) in [5.74, 6) is 0.705. The molecule has 132 valence electrons. The number of benzene rings is 1. The number of thioether (sulfide) groups is 1. The normalized spacial score (nSPS) is 12.1. The van der Waals surface area contributed by atoms with Crippen LogP contribution >= 0.6 is 11.8 Å². The van der Waals surface area contributed by atoms with Crippen molar-refractivity contribution in [2.45, 2.75) is 5.22 Å². The molecule has 0 spiro atoms. The molecular formula is C15H15N3O6S. The summed E-state index contributed by atoms with van der Waals surface area (Å²) in [4.78, 5) is 24.3. The Kier molecular flexibility index (Phi) is 5.08. The summed E-state index contributed by atoms with van der Waals surface area (Å²) in [5, 5.41) is 8.04. The van der Waals surface area contributed by atoms with Gasteiger partial charge >= 0.3 is 5.97 Å². The monoisotopic (exact) mass is 365 g/mol. The summed E-state index contributed by atoms with van der Waals surface area (Å²) in [6.45, 7) is -0.110. The fourth-order valence-electron chi connectivity index (χ4n) is 1.85. The lowest BCUT2D eigenvalue weighted by molar-refractivity contribution is -0.148. The van der Waals surface area contributed by atoms with Crippen molar-refractivity contribution in [3.63, 3.8) is 0 Å². The maximum Gasteiger partial charge on any atom is 0.316 e. The van der Waals surface area contributed by atoms with Crippen molar-refractivity contribution in [2.24, 2.45) is 0 Å². The van der Waals surface area contributed by atoms with Gasteiger partial charge in [-0.3, -0.25) is 9.59 Å². The SMILES string of the molecule is CN(C)C(=O)COC(=O)CSc1nnc(-c2ccc3c(c2)OCO3)o1. The smallest absolute Gasteiger partial charge is 0.316 e. The maximum absolute atomic E-state index is 11.6. The number of amides is 1. The van der Waals surface area contributed by atoms with Crippen LogP contribution in [0.25, 0.3) is 11.5 Å². The highest BCUT2D eigenvalue weighted by Gasteiger charge is 2.17. The van der Waals surface area contributed by atoms with Crippen LogP contribution in [0.3, 0.4) is 0 Å². The molecule has 0 saturated carbocycles. The molecule has 0 fully saturated rings. The van der Waals surface area contributed by atoms with Crippen molar-refractivity contribution < 1.29 is 28.2 Å². The summed E-state index contributed by atoms with van der Waals surface area (Å²) >= 11 is 1.03. The summed E-state index contributed by atoms with van der Waals surface area (Å²) in [6, 6.07) is 5.27. The Hall–Kier alpha value is -2.75. The number of carbonyl (C=O) groups is 2. The minimum absolute atomic E-state index is 0.0382. The average molecular weight is 365 g/mol. The van der Waals surface area contributed by atoms with Crippen LogP contribution in [0.2, 0.25) is 0 Å². The van der Waals surface area contributed by atoms with Crippen molar-refractivity contribution in [1.82, 2.24) is 15.1 Å². The largest absolute Gasteiger partial charge is 0.455 e. The molecule has 1 aromatic heterocycles. The number of hydrogen-bond donors (Lipinski definition) is 0. The van der Waals surface area contributed by atoms with E-state index in [-0.39, 0.29) is 30.3 Å². The third-order valence-electron chi connectivity index (χ3n) is 3.19. The van der Waals surface area contributed by atoms with Crippen molar-refractivity contribution >= 4 is 23.6 Å². The highest BCUT2D eigenvalue weighted by Crippen LogP contribution is 2.35. The minimum Gasteiger partial charge on any atom is -0.455 e. The highest BCUT2D eigenvalue weighted by atomic mass is 32.2. The molecule has 0 saturated heterocycles. The fraction of sp³-hybridized carbons (Fsp3) is 0.333. The first-order valence-corrected chi connectivity index (χ1v) is 8.23. The van der Waals surface area contributed by atoms with Crippen molar-refractivity contribution in [3.8, 4) is 23.0 Å². The Bertz CT molecular complexity index is 791. The van der Waals surface area contributed by atoms with Gasteiger partial charge in [-0.05, 0) is 18.2 Å². The number of ether oxygens (including phenoxy) is 3. The van der Waals surface area contributed by atoms with Crippen LogP contribution in [0.4, 0.5) is 0 Å². The van der Waals surface area contributed by atoms with Crippen LogP contribution in [-0.4, -0.2) is 60.2 Å². The van der Waals surface area contributed by atoms with Gasteiger partial charge in [0.2, 0.25) is 12.7 Å². The van der Waals surface area contributed by atoms with Crippen LogP contribution in [-0.2, 0) is 14.3 Å². The second kappa shape index (κ2) is 7.43. The molecule has 0 aliphatic carbocycles. The van der Waals surface area contributed by atoms with E-state index in [1.165, 1.54) is 4.90 Å². The number of esters is 1. The fourth-order valence-corrected chi connectivity index (χ4v) is 2.41. The third kappa shape index (κ3) is 4.21. The second-order valence-corrected chi connectivity index (χ2v) is 6.11. The van der Waals surface area contributed by atoms with Gasteiger partial charge in [0.15, 0.2) is 18.1 Å². The van der Waals surface area contributed by atoms with E-state index in [1.807, 2.05) is 0 Å². The second-order valence-electron chi connectivity index (χ2n) is 5.18. The Morgan fingerprint density at radius 2 is 2.04 bits per heavy atom. The van der Waals surface area contributed by atoms with Crippen LogP contribution in [0, 0.1) is 0 Å². The van der Waals surface area contributed by atoms with E-state index in [2.05, 4.69) is 10.2 Å². The van der Waals surface area contributed by atoms with Gasteiger partial charge in [-0.15, -0.1) is 10.2 Å². The molecule has 0 atom stereocenters. The molecule has 2 heterocycles. The van der Waals surface area contributed by atoms with Gasteiger partial charge in [0.25, 0.3) is 11.1 Å². The van der Waals surface area contributed by atoms with E-state index < -0.39 is 5.97 Å². The topological polar surface area (TPSA) is 104 Å². The first kappa shape index (κ1) is 17.1. The van der Waals surface area contributed by atoms with Crippen LogP contribution in [0.15, 0.2) is 27.8 Å². The summed E-state index contributed by atoms with van der Waals surface area (Å²) in [7, 11) is 3.17. The van der Waals surface area contributed by atoms with Crippen molar-refractivity contribution in [1.29, 1.82) is 0 Å². The predicted molar refractivity (Wildman–Crippen MR) is 86.2 cm³/mol. The quantitative estimate of drug-likeness (QED) is 0.551. The minimum atomic E-state index is -0.539. The lowest BCUT2D eigenvalue weighted by Gasteiger charge is -2.09. The summed E-state index contributed by atoms with van der Waals surface area (Å²) in [6.07, 6.45) is 0. The Morgan fingerprint density at radius 1 is 1.24 bits per heavy atom. The third-order valence-corrected chi connectivity index (χ3v) is 3.99. The van der Waals surface area contributed by atoms with E-state index >= 15 is 0 Å². The van der Waals surface area contributed by atoms with E-state index in [4.69, 9.17) is 18.6 Å². The van der Waals surface area contributed by atoms with E-state index in [1.54, 1.807) is 32.3 Å². The number of likely N-dealkylation sites (N-methyl/N-ethyl adjacent to an activating group) is 1. The molecule has 1 aliphatic heterocycles. The van der Waals surface area contributed by atoms with Gasteiger partial charge in [-0.1, -0.05) is 11.8 Å². The number of hydrogen-bond acceptors (Lipinski definition) is 9. The lowest BCUT2D eigenvalue weighted by Crippen LogP contribution is -2.27. The molecule has 3 rings (SSSR count). The van der Waals surface area contributed by atoms with Gasteiger partial charge in [-0.2, -0.15) is 0 Å². The molecule has 0 bridgehead atoms. The van der Waals surface area contributed by atoms with Crippen LogP contribution < -0.4 is 9.47 Å². The zero-order valence-corrected chi connectivity index (χ0v) is 14.4. The maximum atomic E-state index is 11.6. The van der Waals surface area contributed by atoms with Gasteiger partial charge < -0.3 is 23.5 Å². The van der Waals surface area contributed by atoms with Gasteiger partial charge in [0.1, 0.15) is 5.75 Å². The number of nitrogens with zero attached hydrogens (tertiary/aromatic N) is 3. The standard InChI is InChI=1S/C15H15N3O6S/c1-18(2)12(19)6-21-13(20)7-25-15-17-16-14(24-15)9-3-4-10-11(5-9)23-8-22-10/h3-5H,6-8H2,1-2H3. The lowest BCUT2D eigenvalue weighted by atomic mass is 10.2. The summed E-state index contributed by atoms with van der Waals surface area (Å²) in [5.41, 5.74) is 0.683. The van der Waals surface area contributed by atoms with Gasteiger partial charge in [-0.25, -0.2) is 0 Å². The van der Waals surface area contributed by atoms with E-state index in [9.17, 15) is 9.59 Å². The molecule has 0 N–H and O–H groups in total. The molecule has 0 unspecified atom stereocenters. The predicted octanol–water partition coefficient (Wildman–Crippen LogP) is 1.19. The zero-order valence-electron chi connectivity index (χ0n) is 13.6. The summed E-state index contributed by atoms with van der Waals surface area (Å²) < 4.78 is 20.9. The number of aromatic nitrogens is 2. The zero-order chi connectivity index (χ0) is 17.8. The Labute approximate surface area is 147 Å². The molecule has 10 heteroatoms. The Morgan fingerprint density at radius 3 is 2.84 bits per heavy atom. The Balaban J connectivity index is 1.53. The molecule has 0 radical (unpaired) electrons. The molecule has 1 aliphatic rings. The number of fused-ring (bicyclic) bond motifs is 1. The van der Waals surface area contributed by atoms with Crippen molar-refractivity contribution in [2.75, 3.05) is 33.2 Å². The molecule has 9 nitrogen and oxygen atoms in total. The van der Waals surface area contributed by atoms with Crippen LogP contribution in [0.1, 0.15) is 0 Å². The van der Waals surface area contributed by atoms with Crippen LogP contribution in [0.5, 0.6) is 11.5 Å². The number of carbonyl (C=O) groups excluding carboxylic acids is 2. The average Bonchev–Trinajstić information content (AvgIpc) is 3.25.